The smallest absolute Gasteiger partial charge is 0.461 e. The van der Waals surface area contributed by atoms with E-state index in [1.54, 1.807) is 22.8 Å². The lowest BCUT2D eigenvalue weighted by molar-refractivity contribution is -0.763. The van der Waals surface area contributed by atoms with Crippen LogP contribution in [0.1, 0.15) is 85.7 Å². The van der Waals surface area contributed by atoms with Crippen molar-refractivity contribution in [3.63, 3.8) is 0 Å². The summed E-state index contributed by atoms with van der Waals surface area (Å²) >= 11 is 0. The Morgan fingerprint density at radius 2 is 1.67 bits per heavy atom. The van der Waals surface area contributed by atoms with Crippen LogP contribution in [0.4, 0.5) is 4.79 Å². The topological polar surface area (TPSA) is 272 Å². The van der Waals surface area contributed by atoms with Gasteiger partial charge in [-0.15, -0.1) is 25.3 Å². The molecular formula is C38H46N8O12. The molecule has 1 aromatic heterocycles. The largest absolute Gasteiger partial charge is 0.515 e. The number of carbonyl (C=O) groups is 2. The fraction of sp³-hybridized carbons (Fsp3) is 0.368. The SMILES string of the molecule is CCCc1nc(C(C)(C)O)c(C(=O)OCCCCO[N+](=O)[O-])n1Cc1ccc(-c2ccccc2/C(N)=N/N(N)C(C)OC(=O)Oc2cccc(CO[N+](=O)[O-])c2)cc1. The molecule has 0 bridgehead atoms. The summed E-state index contributed by atoms with van der Waals surface area (Å²) in [4.78, 5) is 60.2. The summed E-state index contributed by atoms with van der Waals surface area (Å²) < 4.78 is 17.7. The number of esters is 1. The van der Waals surface area contributed by atoms with E-state index < -0.39 is 34.1 Å². The highest BCUT2D eigenvalue weighted by Gasteiger charge is 2.32. The minimum absolute atomic E-state index is 0.0112. The highest BCUT2D eigenvalue weighted by Crippen LogP contribution is 2.29. The Labute approximate surface area is 333 Å². The lowest BCUT2D eigenvalue weighted by Crippen LogP contribution is -2.40. The van der Waals surface area contributed by atoms with Crippen molar-refractivity contribution in [2.45, 2.75) is 78.4 Å². The lowest BCUT2D eigenvalue weighted by Gasteiger charge is -2.21. The van der Waals surface area contributed by atoms with Gasteiger partial charge in [0, 0.05) is 18.5 Å². The molecule has 0 aliphatic carbocycles. The van der Waals surface area contributed by atoms with Crippen LogP contribution in [-0.4, -0.2) is 67.4 Å². The summed E-state index contributed by atoms with van der Waals surface area (Å²) in [5.41, 5.74) is 8.46. The van der Waals surface area contributed by atoms with E-state index >= 15 is 0 Å². The molecule has 0 radical (unpaired) electrons. The molecule has 4 rings (SSSR count). The van der Waals surface area contributed by atoms with Gasteiger partial charge in [-0.2, -0.15) is 5.12 Å². The maximum atomic E-state index is 13.5. The van der Waals surface area contributed by atoms with Gasteiger partial charge in [-0.1, -0.05) is 67.6 Å². The Kier molecular flexibility index (Phi) is 15.4. The maximum absolute atomic E-state index is 13.5. The molecule has 0 saturated heterocycles. The van der Waals surface area contributed by atoms with Crippen LogP contribution < -0.4 is 16.3 Å². The Balaban J connectivity index is 1.49. The normalized spacial score (nSPS) is 12.0. The first-order valence-corrected chi connectivity index (χ1v) is 18.2. The summed E-state index contributed by atoms with van der Waals surface area (Å²) in [6.45, 7) is 6.27. The first-order valence-electron chi connectivity index (χ1n) is 18.2. The average Bonchev–Trinajstić information content (AvgIpc) is 3.54. The standard InChI is InChI=1S/C38H46N8O12/c1-5-11-32-41-34(38(3,4)49)33(36(47)54-20-8-9-21-55-45(50)51)43(32)23-26-16-18-28(19-17-26)30-14-6-7-15-31(30)35(39)42-44(40)25(2)57-37(48)58-29-13-10-12-27(22-29)24-56-46(52)53/h6-7,10,12-19,22,25,49H,5,8-9,11,20-21,23-24,40H2,1-4H3,(H2,39,42). The van der Waals surface area contributed by atoms with Crippen LogP contribution in [0, 0.1) is 20.2 Å². The number of benzene rings is 3. The monoisotopic (exact) mass is 806 g/mol. The van der Waals surface area contributed by atoms with Gasteiger partial charge < -0.3 is 39.3 Å². The zero-order valence-electron chi connectivity index (χ0n) is 32.4. The molecule has 20 heteroatoms. The molecule has 20 nitrogen and oxygen atoms in total. The zero-order chi connectivity index (χ0) is 42.4. The number of hydrazine groups is 1. The van der Waals surface area contributed by atoms with Crippen molar-refractivity contribution in [2.75, 3.05) is 13.2 Å². The van der Waals surface area contributed by atoms with Gasteiger partial charge in [-0.3, -0.25) is 0 Å². The number of hydrogen-bond acceptors (Lipinski definition) is 16. The Bertz CT molecular complexity index is 2080. The van der Waals surface area contributed by atoms with Crippen LogP contribution in [-0.2, 0) is 44.3 Å². The van der Waals surface area contributed by atoms with E-state index in [1.165, 1.54) is 39.0 Å². The molecule has 0 aliphatic heterocycles. The van der Waals surface area contributed by atoms with E-state index in [0.29, 0.717) is 41.8 Å². The van der Waals surface area contributed by atoms with Crippen LogP contribution in [0.3, 0.4) is 0 Å². The Hall–Kier alpha value is -6.80. The molecule has 0 spiro atoms. The van der Waals surface area contributed by atoms with E-state index in [2.05, 4.69) is 19.8 Å². The molecule has 4 aromatic rings. The van der Waals surface area contributed by atoms with Crippen LogP contribution in [0.5, 0.6) is 5.75 Å². The molecule has 3 aromatic carbocycles. The van der Waals surface area contributed by atoms with Gasteiger partial charge in [-0.25, -0.2) is 20.4 Å². The van der Waals surface area contributed by atoms with Crippen molar-refractivity contribution in [3.05, 3.63) is 127 Å². The number of ether oxygens (including phenoxy) is 3. The fourth-order valence-corrected chi connectivity index (χ4v) is 5.62. The predicted molar refractivity (Wildman–Crippen MR) is 206 cm³/mol. The molecule has 1 heterocycles. The number of carbonyl (C=O) groups excluding carboxylic acids is 2. The number of nitrogens with zero attached hydrogens (tertiary/aromatic N) is 6. The first kappa shape index (κ1) is 43.9. The number of hydrogen-bond donors (Lipinski definition) is 3. The predicted octanol–water partition coefficient (Wildman–Crippen LogP) is 4.99. The van der Waals surface area contributed by atoms with Gasteiger partial charge in [0.25, 0.3) is 10.2 Å². The van der Waals surface area contributed by atoms with E-state index in [9.17, 15) is 34.9 Å². The van der Waals surface area contributed by atoms with E-state index in [4.69, 9.17) is 25.8 Å². The number of amidine groups is 1. The Morgan fingerprint density at radius 3 is 2.34 bits per heavy atom. The number of aromatic nitrogens is 2. The number of unbranched alkanes of at least 4 members (excludes halogenated alkanes) is 1. The maximum Gasteiger partial charge on any atom is 0.515 e. The molecule has 5 N–H and O–H groups in total. The van der Waals surface area contributed by atoms with E-state index in [1.807, 2.05) is 43.3 Å². The van der Waals surface area contributed by atoms with Crippen LogP contribution in [0.2, 0.25) is 0 Å². The molecule has 0 aliphatic rings. The number of aryl methyl sites for hydroxylation is 1. The van der Waals surface area contributed by atoms with Crippen LogP contribution in [0.15, 0.2) is 77.9 Å². The molecule has 1 unspecified atom stereocenters. The number of hydrazone groups is 1. The van der Waals surface area contributed by atoms with Crippen molar-refractivity contribution in [3.8, 4) is 16.9 Å². The van der Waals surface area contributed by atoms with Crippen molar-refractivity contribution >= 4 is 18.0 Å². The van der Waals surface area contributed by atoms with Crippen LogP contribution >= 0.6 is 0 Å². The minimum atomic E-state index is -1.46. The zero-order valence-corrected chi connectivity index (χ0v) is 32.4. The minimum Gasteiger partial charge on any atom is -0.461 e. The summed E-state index contributed by atoms with van der Waals surface area (Å²) in [6, 6.07) is 20.6. The molecular weight excluding hydrogens is 760 g/mol. The third-order valence-electron chi connectivity index (χ3n) is 8.37. The molecule has 1 atom stereocenters. The second kappa shape index (κ2) is 20.4. The second-order valence-electron chi connectivity index (χ2n) is 13.3. The highest BCUT2D eigenvalue weighted by atomic mass is 17.0. The first-order chi connectivity index (χ1) is 27.6. The summed E-state index contributed by atoms with van der Waals surface area (Å²) in [5, 5.41) is 35.1. The molecule has 0 fully saturated rings. The van der Waals surface area contributed by atoms with Crippen molar-refractivity contribution < 1.29 is 48.8 Å². The van der Waals surface area contributed by atoms with E-state index in [-0.39, 0.29) is 49.3 Å². The van der Waals surface area contributed by atoms with Gasteiger partial charge in [0.15, 0.2) is 11.5 Å². The Morgan fingerprint density at radius 1 is 0.983 bits per heavy atom. The summed E-state index contributed by atoms with van der Waals surface area (Å²) in [7, 11) is 0. The third kappa shape index (κ3) is 12.6. The van der Waals surface area contributed by atoms with Crippen molar-refractivity contribution in [2.24, 2.45) is 16.7 Å². The molecule has 0 saturated carbocycles. The van der Waals surface area contributed by atoms with E-state index in [0.717, 1.165) is 22.7 Å². The van der Waals surface area contributed by atoms with Gasteiger partial charge in [-0.05, 0) is 74.4 Å². The van der Waals surface area contributed by atoms with Crippen LogP contribution in [0.25, 0.3) is 11.1 Å². The van der Waals surface area contributed by atoms with Crippen molar-refractivity contribution in [1.29, 1.82) is 0 Å². The molecule has 0 amide bonds. The van der Waals surface area contributed by atoms with Gasteiger partial charge >= 0.3 is 12.1 Å². The fourth-order valence-electron chi connectivity index (χ4n) is 5.62. The quantitative estimate of drug-likeness (QED) is 0.0115. The number of aliphatic hydroxyl groups is 1. The number of imidazole rings is 1. The number of rotatable bonds is 21. The number of nitrogens with two attached hydrogens (primary N) is 2. The summed E-state index contributed by atoms with van der Waals surface area (Å²) in [6.07, 6.45) is -0.352. The highest BCUT2D eigenvalue weighted by molar-refractivity contribution is 6.03. The van der Waals surface area contributed by atoms with Crippen molar-refractivity contribution in [1.82, 2.24) is 14.7 Å². The summed E-state index contributed by atoms with van der Waals surface area (Å²) in [5.74, 6) is 6.08. The van der Waals surface area contributed by atoms with Gasteiger partial charge in [0.05, 0.1) is 13.2 Å². The average molecular weight is 807 g/mol. The second-order valence-corrected chi connectivity index (χ2v) is 13.3. The van der Waals surface area contributed by atoms with Gasteiger partial charge in [0.1, 0.15) is 29.5 Å². The molecule has 58 heavy (non-hydrogen) atoms. The van der Waals surface area contributed by atoms with Gasteiger partial charge in [0.2, 0.25) is 6.23 Å². The molecule has 310 valence electrons. The third-order valence-corrected chi connectivity index (χ3v) is 8.37. The lowest BCUT2D eigenvalue weighted by atomic mass is 9.98.